The molecule has 1 aromatic carbocycles. The summed E-state index contributed by atoms with van der Waals surface area (Å²) in [5.74, 6) is 0. The molecule has 5 nitrogen and oxygen atoms in total. The second kappa shape index (κ2) is 4.22. The molecular formula is C13H14N4O. The highest BCUT2D eigenvalue weighted by Gasteiger charge is 2.31. The summed E-state index contributed by atoms with van der Waals surface area (Å²) in [5, 5.41) is 8.70. The van der Waals surface area contributed by atoms with E-state index < -0.39 is 0 Å². The minimum atomic E-state index is 0.476. The first-order valence-corrected chi connectivity index (χ1v) is 6.07. The molecule has 5 heteroatoms. The molecule has 3 rings (SSSR count). The minimum absolute atomic E-state index is 0.476. The molecule has 1 saturated carbocycles. The van der Waals surface area contributed by atoms with Crippen LogP contribution in [0.5, 0.6) is 0 Å². The lowest BCUT2D eigenvalue weighted by Gasteiger charge is -2.17. The van der Waals surface area contributed by atoms with Crippen LogP contribution in [-0.4, -0.2) is 17.6 Å². The number of nitrogens with zero attached hydrogens (tertiary/aromatic N) is 3. The molecular weight excluding hydrogens is 228 g/mol. The van der Waals surface area contributed by atoms with Crippen molar-refractivity contribution >= 4 is 22.8 Å². The zero-order chi connectivity index (χ0) is 12.5. The van der Waals surface area contributed by atoms with Gasteiger partial charge in [0.25, 0.3) is 6.01 Å². The van der Waals surface area contributed by atoms with E-state index in [1.54, 1.807) is 6.07 Å². The summed E-state index contributed by atoms with van der Waals surface area (Å²) in [7, 11) is 0. The molecule has 92 valence electrons. The van der Waals surface area contributed by atoms with Crippen molar-refractivity contribution in [3.63, 3.8) is 0 Å². The summed E-state index contributed by atoms with van der Waals surface area (Å²) in [6.07, 6.45) is 2.77. The van der Waals surface area contributed by atoms with Gasteiger partial charge < -0.3 is 15.1 Å². The Hall–Kier alpha value is -2.22. The van der Waals surface area contributed by atoms with Gasteiger partial charge in [0.15, 0.2) is 5.58 Å². The van der Waals surface area contributed by atoms with Gasteiger partial charge in [-0.1, -0.05) is 0 Å². The van der Waals surface area contributed by atoms with Gasteiger partial charge in [0, 0.05) is 24.3 Å². The Bertz CT molecular complexity index is 609. The summed E-state index contributed by atoms with van der Waals surface area (Å²) >= 11 is 0. The van der Waals surface area contributed by atoms with Crippen LogP contribution in [0.4, 0.5) is 11.7 Å². The molecule has 2 aromatic rings. The van der Waals surface area contributed by atoms with E-state index in [1.807, 2.05) is 12.1 Å². The maximum absolute atomic E-state index is 8.70. The largest absolute Gasteiger partial charge is 0.423 e. The maximum atomic E-state index is 8.70. The summed E-state index contributed by atoms with van der Waals surface area (Å²) in [6, 6.07) is 8.69. The molecule has 1 heterocycles. The fourth-order valence-corrected chi connectivity index (χ4v) is 2.04. The van der Waals surface area contributed by atoms with E-state index >= 15 is 0 Å². The van der Waals surface area contributed by atoms with Crippen molar-refractivity contribution in [2.75, 3.05) is 17.2 Å². The molecule has 1 aliphatic rings. The molecule has 0 atom stereocenters. The average molecular weight is 242 g/mol. The Morgan fingerprint density at radius 1 is 1.50 bits per heavy atom. The molecule has 0 bridgehead atoms. The van der Waals surface area contributed by atoms with Gasteiger partial charge in [-0.3, -0.25) is 0 Å². The number of hydrogen-bond acceptors (Lipinski definition) is 5. The Balaban J connectivity index is 1.93. The molecule has 1 aromatic heterocycles. The van der Waals surface area contributed by atoms with Gasteiger partial charge in [-0.15, -0.1) is 0 Å². The van der Waals surface area contributed by atoms with E-state index in [2.05, 4.69) is 16.0 Å². The molecule has 0 spiro atoms. The number of hydrogen-bond donors (Lipinski definition) is 1. The summed E-state index contributed by atoms with van der Waals surface area (Å²) in [5.41, 5.74) is 7.89. The highest BCUT2D eigenvalue weighted by molar-refractivity contribution is 5.78. The van der Waals surface area contributed by atoms with Crippen LogP contribution in [0.1, 0.15) is 19.3 Å². The van der Waals surface area contributed by atoms with E-state index in [4.69, 9.17) is 15.4 Å². The Morgan fingerprint density at radius 2 is 2.33 bits per heavy atom. The van der Waals surface area contributed by atoms with Crippen LogP contribution < -0.4 is 10.6 Å². The van der Waals surface area contributed by atoms with E-state index in [0.29, 0.717) is 36.3 Å². The number of fused-ring (bicyclic) bond motifs is 1. The lowest BCUT2D eigenvalue weighted by atomic mass is 10.3. The van der Waals surface area contributed by atoms with Crippen LogP contribution in [0.15, 0.2) is 22.6 Å². The van der Waals surface area contributed by atoms with E-state index in [-0.39, 0.29) is 0 Å². The lowest BCUT2D eigenvalue weighted by Crippen LogP contribution is -2.26. The number of nitrogen functional groups attached to an aromatic ring is 1. The quantitative estimate of drug-likeness (QED) is 0.832. The number of oxazole rings is 1. The number of rotatable bonds is 4. The van der Waals surface area contributed by atoms with Crippen LogP contribution >= 0.6 is 0 Å². The molecule has 0 saturated heterocycles. The summed E-state index contributed by atoms with van der Waals surface area (Å²) in [4.78, 5) is 6.55. The fourth-order valence-electron chi connectivity index (χ4n) is 2.04. The third-order valence-corrected chi connectivity index (χ3v) is 3.10. The van der Waals surface area contributed by atoms with Crippen molar-refractivity contribution in [1.29, 1.82) is 5.26 Å². The number of benzene rings is 1. The van der Waals surface area contributed by atoms with E-state index in [1.165, 1.54) is 0 Å². The second-order valence-corrected chi connectivity index (χ2v) is 4.56. The van der Waals surface area contributed by atoms with E-state index in [0.717, 1.165) is 18.4 Å². The third-order valence-electron chi connectivity index (χ3n) is 3.10. The van der Waals surface area contributed by atoms with Gasteiger partial charge in [0.1, 0.15) is 5.52 Å². The van der Waals surface area contributed by atoms with Gasteiger partial charge in [-0.2, -0.15) is 10.2 Å². The first kappa shape index (κ1) is 10.9. The predicted octanol–water partition coefficient (Wildman–Crippen LogP) is 2.29. The monoisotopic (exact) mass is 242 g/mol. The van der Waals surface area contributed by atoms with Gasteiger partial charge in [-0.25, -0.2) is 0 Å². The van der Waals surface area contributed by atoms with Gasteiger partial charge in [0.2, 0.25) is 0 Å². The first-order valence-electron chi connectivity index (χ1n) is 6.07. The van der Waals surface area contributed by atoms with Crippen molar-refractivity contribution in [1.82, 2.24) is 4.98 Å². The van der Waals surface area contributed by atoms with Gasteiger partial charge in [0.05, 0.1) is 12.5 Å². The second-order valence-electron chi connectivity index (χ2n) is 4.56. The predicted molar refractivity (Wildman–Crippen MR) is 69.0 cm³/mol. The van der Waals surface area contributed by atoms with Crippen molar-refractivity contribution in [2.24, 2.45) is 0 Å². The smallest absolute Gasteiger partial charge is 0.298 e. The highest BCUT2D eigenvalue weighted by Crippen LogP contribution is 2.33. The molecule has 2 N–H and O–H groups in total. The molecule has 0 unspecified atom stereocenters. The van der Waals surface area contributed by atoms with Crippen LogP contribution in [-0.2, 0) is 0 Å². The number of aromatic nitrogens is 1. The molecule has 0 radical (unpaired) electrons. The van der Waals surface area contributed by atoms with E-state index in [9.17, 15) is 0 Å². The van der Waals surface area contributed by atoms with Gasteiger partial charge in [-0.05, 0) is 25.0 Å². The Kier molecular flexibility index (Phi) is 2.56. The van der Waals surface area contributed by atoms with Crippen LogP contribution in [0.25, 0.3) is 11.1 Å². The topological polar surface area (TPSA) is 79.1 Å². The molecule has 18 heavy (non-hydrogen) atoms. The van der Waals surface area contributed by atoms with Crippen molar-refractivity contribution in [3.8, 4) is 6.07 Å². The van der Waals surface area contributed by atoms with Crippen LogP contribution in [0.3, 0.4) is 0 Å². The van der Waals surface area contributed by atoms with Crippen molar-refractivity contribution in [2.45, 2.75) is 25.3 Å². The lowest BCUT2D eigenvalue weighted by molar-refractivity contribution is 0.564. The zero-order valence-corrected chi connectivity index (χ0v) is 9.97. The minimum Gasteiger partial charge on any atom is -0.423 e. The molecule has 0 aliphatic heterocycles. The summed E-state index contributed by atoms with van der Waals surface area (Å²) in [6.45, 7) is 0.670. The van der Waals surface area contributed by atoms with Crippen LogP contribution in [0, 0.1) is 11.3 Å². The average Bonchev–Trinajstić information content (AvgIpc) is 3.10. The SMILES string of the molecule is N#CCCN(c1nc2ccc(N)cc2o1)C1CC1. The highest BCUT2D eigenvalue weighted by atomic mass is 16.4. The molecule has 1 fully saturated rings. The number of nitrogens with two attached hydrogens (primary N) is 1. The third kappa shape index (κ3) is 1.97. The van der Waals surface area contributed by atoms with Crippen LogP contribution in [0.2, 0.25) is 0 Å². The Morgan fingerprint density at radius 3 is 3.06 bits per heavy atom. The fraction of sp³-hybridized carbons (Fsp3) is 0.385. The standard InChI is InChI=1S/C13H14N4O/c14-6-1-7-17(10-3-4-10)13-16-11-5-2-9(15)8-12(11)18-13/h2,5,8,10H,1,3-4,7,15H2. The molecule has 1 aliphatic carbocycles. The Labute approximate surface area is 105 Å². The van der Waals surface area contributed by atoms with Crippen molar-refractivity contribution in [3.05, 3.63) is 18.2 Å². The maximum Gasteiger partial charge on any atom is 0.298 e. The summed E-state index contributed by atoms with van der Waals surface area (Å²) < 4.78 is 5.73. The normalized spacial score (nSPS) is 14.6. The van der Waals surface area contributed by atoms with Crippen molar-refractivity contribution < 1.29 is 4.42 Å². The van der Waals surface area contributed by atoms with Gasteiger partial charge >= 0.3 is 0 Å². The number of anilines is 2. The number of nitriles is 1. The molecule has 0 amide bonds. The zero-order valence-electron chi connectivity index (χ0n) is 9.97. The first-order chi connectivity index (χ1) is 8.78.